The maximum atomic E-state index is 14.7. The summed E-state index contributed by atoms with van der Waals surface area (Å²) in [5.41, 5.74) is 1.52. The Morgan fingerprint density at radius 2 is 1.81 bits per heavy atom. The van der Waals surface area contributed by atoms with Crippen LogP contribution in [0.3, 0.4) is 0 Å². The molecule has 3 aromatic rings. The molecule has 0 radical (unpaired) electrons. The van der Waals surface area contributed by atoms with E-state index in [1.54, 1.807) is 6.92 Å². The standard InChI is InChI=1S/C24H28F3N4P/c1-13(16-9-6-10-17(22(16)25)23(26)27)28-24-18-11-21(32(3)4)20(31-15-7-5-8-15)12-19(18)29-14(2)30-24/h6,9-13,15,23,31H,5,7-8H2,1-4H3,(H,28,29,30)/t13-/m1/s1. The van der Waals surface area contributed by atoms with Gasteiger partial charge in [0.15, 0.2) is 0 Å². The molecular weight excluding hydrogens is 432 g/mol. The van der Waals surface area contributed by atoms with Gasteiger partial charge in [0.2, 0.25) is 0 Å². The summed E-state index contributed by atoms with van der Waals surface area (Å²) in [5.74, 6) is 0.289. The third-order valence-electron chi connectivity index (χ3n) is 5.98. The van der Waals surface area contributed by atoms with Crippen molar-refractivity contribution in [2.24, 2.45) is 0 Å². The quantitative estimate of drug-likeness (QED) is 0.394. The second-order valence-electron chi connectivity index (χ2n) is 8.59. The Morgan fingerprint density at radius 1 is 1.09 bits per heavy atom. The zero-order valence-electron chi connectivity index (χ0n) is 18.7. The van der Waals surface area contributed by atoms with Crippen LogP contribution in [-0.4, -0.2) is 29.3 Å². The summed E-state index contributed by atoms with van der Waals surface area (Å²) in [6.45, 7) is 7.97. The highest BCUT2D eigenvalue weighted by Crippen LogP contribution is 2.36. The van der Waals surface area contributed by atoms with Crippen LogP contribution in [-0.2, 0) is 0 Å². The second kappa shape index (κ2) is 9.22. The molecule has 0 spiro atoms. The smallest absolute Gasteiger partial charge is 0.266 e. The number of hydrogen-bond acceptors (Lipinski definition) is 4. The van der Waals surface area contributed by atoms with E-state index in [1.807, 2.05) is 6.92 Å². The van der Waals surface area contributed by atoms with Crippen molar-refractivity contribution in [3.63, 3.8) is 0 Å². The molecule has 1 aliphatic carbocycles. The van der Waals surface area contributed by atoms with E-state index in [-0.39, 0.29) is 5.56 Å². The predicted molar refractivity (Wildman–Crippen MR) is 127 cm³/mol. The molecule has 4 nitrogen and oxygen atoms in total. The zero-order valence-corrected chi connectivity index (χ0v) is 19.6. The first-order chi connectivity index (χ1) is 15.2. The highest BCUT2D eigenvalue weighted by atomic mass is 31.1. The first-order valence-electron chi connectivity index (χ1n) is 10.8. The molecule has 0 unspecified atom stereocenters. The van der Waals surface area contributed by atoms with Crippen LogP contribution in [0.25, 0.3) is 10.9 Å². The third-order valence-corrected chi connectivity index (χ3v) is 7.32. The van der Waals surface area contributed by atoms with Gasteiger partial charge in [-0.15, -0.1) is 0 Å². The van der Waals surface area contributed by atoms with Gasteiger partial charge >= 0.3 is 0 Å². The highest BCUT2D eigenvalue weighted by molar-refractivity contribution is 7.64. The van der Waals surface area contributed by atoms with Gasteiger partial charge in [-0.1, -0.05) is 26.1 Å². The minimum absolute atomic E-state index is 0.184. The molecular formula is C24H28F3N4P. The first-order valence-corrected chi connectivity index (χ1v) is 13.1. The molecule has 1 atom stereocenters. The van der Waals surface area contributed by atoms with Crippen molar-refractivity contribution in [3.05, 3.63) is 53.1 Å². The summed E-state index contributed by atoms with van der Waals surface area (Å²) in [7, 11) is -0.391. The predicted octanol–water partition coefficient (Wildman–Crippen LogP) is 6.52. The molecule has 32 heavy (non-hydrogen) atoms. The van der Waals surface area contributed by atoms with Crippen molar-refractivity contribution >= 4 is 35.6 Å². The Morgan fingerprint density at radius 3 is 2.44 bits per heavy atom. The number of nitrogens with one attached hydrogen (secondary N) is 2. The number of halogens is 3. The Kier molecular flexibility index (Phi) is 6.57. The number of alkyl halides is 2. The Labute approximate surface area is 187 Å². The first kappa shape index (κ1) is 22.8. The number of aromatic nitrogens is 2. The van der Waals surface area contributed by atoms with E-state index in [0.717, 1.165) is 22.7 Å². The molecule has 8 heteroatoms. The lowest BCUT2D eigenvalue weighted by molar-refractivity contribution is 0.146. The summed E-state index contributed by atoms with van der Waals surface area (Å²) in [6, 6.07) is 8.25. The van der Waals surface area contributed by atoms with Crippen LogP contribution in [0, 0.1) is 12.7 Å². The topological polar surface area (TPSA) is 49.8 Å². The van der Waals surface area contributed by atoms with Gasteiger partial charge in [-0.05, 0) is 63.9 Å². The minimum Gasteiger partial charge on any atom is -0.382 e. The fourth-order valence-electron chi connectivity index (χ4n) is 4.00. The molecule has 1 heterocycles. The molecule has 2 aromatic carbocycles. The number of nitrogens with zero attached hydrogens (tertiary/aromatic N) is 2. The molecule has 1 fully saturated rings. The Bertz CT molecular complexity index is 1130. The SMILES string of the molecule is Cc1nc(N[C@H](C)c2cccc(C(F)F)c2F)c2cc(P(C)C)c(NC3CCC3)cc2n1. The number of anilines is 2. The maximum Gasteiger partial charge on any atom is 0.266 e. The molecule has 0 aliphatic heterocycles. The van der Waals surface area contributed by atoms with E-state index in [4.69, 9.17) is 0 Å². The lowest BCUT2D eigenvalue weighted by Crippen LogP contribution is -2.29. The van der Waals surface area contributed by atoms with Crippen LogP contribution in [0.2, 0.25) is 0 Å². The molecule has 2 N–H and O–H groups in total. The molecule has 4 rings (SSSR count). The Hall–Kier alpha value is -2.40. The van der Waals surface area contributed by atoms with Crippen LogP contribution in [0.1, 0.15) is 55.6 Å². The van der Waals surface area contributed by atoms with Gasteiger partial charge in [0, 0.05) is 22.7 Å². The molecule has 170 valence electrons. The van der Waals surface area contributed by atoms with Crippen molar-refractivity contribution < 1.29 is 13.2 Å². The largest absolute Gasteiger partial charge is 0.382 e. The van der Waals surface area contributed by atoms with Gasteiger partial charge in [0.1, 0.15) is 17.5 Å². The lowest BCUT2D eigenvalue weighted by Gasteiger charge is -2.29. The number of rotatable bonds is 7. The lowest BCUT2D eigenvalue weighted by atomic mass is 9.93. The van der Waals surface area contributed by atoms with E-state index in [2.05, 4.69) is 46.1 Å². The fourth-order valence-corrected chi connectivity index (χ4v) is 5.00. The van der Waals surface area contributed by atoms with E-state index in [0.29, 0.717) is 17.7 Å². The third kappa shape index (κ3) is 4.54. The van der Waals surface area contributed by atoms with Crippen LogP contribution >= 0.6 is 7.92 Å². The van der Waals surface area contributed by atoms with E-state index in [9.17, 15) is 13.2 Å². The van der Waals surface area contributed by atoms with Crippen molar-refractivity contribution in [3.8, 4) is 0 Å². The number of hydrogen-bond donors (Lipinski definition) is 2. The monoisotopic (exact) mass is 460 g/mol. The average molecular weight is 460 g/mol. The zero-order chi connectivity index (χ0) is 23.0. The Balaban J connectivity index is 1.74. The number of aryl methyl sites for hydroxylation is 1. The summed E-state index contributed by atoms with van der Waals surface area (Å²) < 4.78 is 41.0. The van der Waals surface area contributed by atoms with Gasteiger partial charge < -0.3 is 10.6 Å². The summed E-state index contributed by atoms with van der Waals surface area (Å²) in [6.07, 6.45) is 0.754. The average Bonchev–Trinajstić information content (AvgIpc) is 2.69. The van der Waals surface area contributed by atoms with Gasteiger partial charge in [-0.3, -0.25) is 0 Å². The molecule has 1 aliphatic rings. The molecule has 0 amide bonds. The van der Waals surface area contributed by atoms with Crippen LogP contribution < -0.4 is 15.9 Å². The summed E-state index contributed by atoms with van der Waals surface area (Å²) >= 11 is 0. The van der Waals surface area contributed by atoms with E-state index >= 15 is 0 Å². The molecule has 1 saturated carbocycles. The van der Waals surface area contributed by atoms with Gasteiger partial charge in [0.25, 0.3) is 6.43 Å². The number of benzene rings is 2. The fraction of sp³-hybridized carbons (Fsp3) is 0.417. The molecule has 0 bridgehead atoms. The van der Waals surface area contributed by atoms with Crippen molar-refractivity contribution in [1.82, 2.24) is 9.97 Å². The minimum atomic E-state index is -2.86. The normalized spacial score (nSPS) is 15.3. The van der Waals surface area contributed by atoms with E-state index in [1.165, 1.54) is 36.7 Å². The van der Waals surface area contributed by atoms with Gasteiger partial charge in [0.05, 0.1) is 17.1 Å². The highest BCUT2D eigenvalue weighted by Gasteiger charge is 2.22. The van der Waals surface area contributed by atoms with Crippen molar-refractivity contribution in [2.45, 2.75) is 51.6 Å². The molecule has 1 aromatic heterocycles. The van der Waals surface area contributed by atoms with Crippen molar-refractivity contribution in [2.75, 3.05) is 24.0 Å². The number of fused-ring (bicyclic) bond motifs is 1. The van der Waals surface area contributed by atoms with Crippen LogP contribution in [0.5, 0.6) is 0 Å². The van der Waals surface area contributed by atoms with E-state index < -0.39 is 31.8 Å². The van der Waals surface area contributed by atoms with Crippen molar-refractivity contribution in [1.29, 1.82) is 0 Å². The van der Waals surface area contributed by atoms with Crippen LogP contribution in [0.15, 0.2) is 30.3 Å². The van der Waals surface area contributed by atoms with Crippen LogP contribution in [0.4, 0.5) is 24.7 Å². The second-order valence-corrected chi connectivity index (χ2v) is 10.9. The summed E-state index contributed by atoms with van der Waals surface area (Å²) in [5, 5.41) is 8.99. The maximum absolute atomic E-state index is 14.7. The molecule has 0 saturated heterocycles. The summed E-state index contributed by atoms with van der Waals surface area (Å²) in [4.78, 5) is 9.19. The van der Waals surface area contributed by atoms with Gasteiger partial charge in [-0.2, -0.15) is 0 Å². The van der Waals surface area contributed by atoms with Gasteiger partial charge in [-0.25, -0.2) is 23.1 Å².